The molecule has 114 valence electrons. The van der Waals surface area contributed by atoms with E-state index in [9.17, 15) is 0 Å². The van der Waals surface area contributed by atoms with Crippen molar-refractivity contribution in [3.63, 3.8) is 0 Å². The van der Waals surface area contributed by atoms with Gasteiger partial charge in [-0.3, -0.25) is 0 Å². The Morgan fingerprint density at radius 3 is 2.38 bits per heavy atom. The second kappa shape index (κ2) is 7.30. The molecule has 4 heteroatoms. The zero-order valence-corrected chi connectivity index (χ0v) is 14.6. The van der Waals surface area contributed by atoms with Gasteiger partial charge in [-0.15, -0.1) is 11.3 Å². The minimum Gasteiger partial charge on any atom is -0.488 e. The van der Waals surface area contributed by atoms with Crippen LogP contribution in [0.4, 0.5) is 0 Å². The summed E-state index contributed by atoms with van der Waals surface area (Å²) in [6.45, 7) is 9.84. The maximum absolute atomic E-state index is 6.17. The Bertz CT molecular complexity index is 584. The Labute approximate surface area is 136 Å². The van der Waals surface area contributed by atoms with Gasteiger partial charge in [0.1, 0.15) is 12.4 Å². The minimum atomic E-state index is 0.506. The summed E-state index contributed by atoms with van der Waals surface area (Å²) >= 11 is 7.96. The van der Waals surface area contributed by atoms with Gasteiger partial charge in [-0.2, -0.15) is 0 Å². The van der Waals surface area contributed by atoms with E-state index in [-0.39, 0.29) is 0 Å². The Morgan fingerprint density at radius 2 is 1.76 bits per heavy atom. The first-order valence-corrected chi connectivity index (χ1v) is 8.35. The van der Waals surface area contributed by atoms with Crippen molar-refractivity contribution in [2.24, 2.45) is 0 Å². The summed E-state index contributed by atoms with van der Waals surface area (Å²) in [5.74, 6) is 0.879. The van der Waals surface area contributed by atoms with Gasteiger partial charge in [0.25, 0.3) is 0 Å². The highest BCUT2D eigenvalue weighted by Crippen LogP contribution is 2.27. The molecule has 0 aliphatic rings. The standard InChI is InChI=1S/C17H22ClNOS/c1-11(2)19-9-15-5-6-16(21-15)10-20-14-7-12(3)17(18)13(4)8-14/h5-8,11,19H,9-10H2,1-4H3. The first kappa shape index (κ1) is 16.3. The van der Waals surface area contributed by atoms with E-state index in [0.29, 0.717) is 12.6 Å². The highest BCUT2D eigenvalue weighted by atomic mass is 35.5. The number of halogens is 1. The van der Waals surface area contributed by atoms with Crippen LogP contribution in [0.15, 0.2) is 24.3 Å². The lowest BCUT2D eigenvalue weighted by Crippen LogP contribution is -2.21. The molecule has 0 fully saturated rings. The normalized spacial score (nSPS) is 11.1. The molecule has 21 heavy (non-hydrogen) atoms. The first-order valence-electron chi connectivity index (χ1n) is 7.16. The largest absolute Gasteiger partial charge is 0.488 e. The number of rotatable bonds is 6. The van der Waals surface area contributed by atoms with Gasteiger partial charge >= 0.3 is 0 Å². The van der Waals surface area contributed by atoms with E-state index in [1.54, 1.807) is 11.3 Å². The molecule has 2 aromatic rings. The van der Waals surface area contributed by atoms with Gasteiger partial charge < -0.3 is 10.1 Å². The van der Waals surface area contributed by atoms with Crippen LogP contribution in [0.2, 0.25) is 5.02 Å². The smallest absolute Gasteiger partial charge is 0.122 e. The molecule has 2 nitrogen and oxygen atoms in total. The SMILES string of the molecule is Cc1cc(OCc2ccc(CNC(C)C)s2)cc(C)c1Cl. The lowest BCUT2D eigenvalue weighted by atomic mass is 10.1. The summed E-state index contributed by atoms with van der Waals surface area (Å²) in [5, 5.41) is 4.24. The molecule has 0 bridgehead atoms. The maximum Gasteiger partial charge on any atom is 0.122 e. The molecule has 0 amide bonds. The lowest BCUT2D eigenvalue weighted by molar-refractivity contribution is 0.309. The van der Waals surface area contributed by atoms with Crippen LogP contribution >= 0.6 is 22.9 Å². The van der Waals surface area contributed by atoms with Crippen molar-refractivity contribution < 1.29 is 4.74 Å². The Balaban J connectivity index is 1.94. The average molecular weight is 324 g/mol. The van der Waals surface area contributed by atoms with Gasteiger partial charge in [0.15, 0.2) is 0 Å². The van der Waals surface area contributed by atoms with Crippen LogP contribution in [0.3, 0.4) is 0 Å². The van der Waals surface area contributed by atoms with Crippen LogP contribution in [0.5, 0.6) is 5.75 Å². The molecule has 0 aliphatic carbocycles. The van der Waals surface area contributed by atoms with E-state index >= 15 is 0 Å². The van der Waals surface area contributed by atoms with Crippen molar-refractivity contribution in [1.82, 2.24) is 5.32 Å². The molecule has 0 saturated heterocycles. The summed E-state index contributed by atoms with van der Waals surface area (Å²) in [5.41, 5.74) is 2.11. The second-order valence-corrected chi connectivity index (χ2v) is 7.19. The Morgan fingerprint density at radius 1 is 1.14 bits per heavy atom. The molecular formula is C17H22ClNOS. The van der Waals surface area contributed by atoms with Gasteiger partial charge in [0.2, 0.25) is 0 Å². The van der Waals surface area contributed by atoms with Crippen LogP contribution in [0, 0.1) is 13.8 Å². The molecule has 1 heterocycles. The second-order valence-electron chi connectivity index (χ2n) is 5.56. The highest BCUT2D eigenvalue weighted by molar-refractivity contribution is 7.11. The quantitative estimate of drug-likeness (QED) is 0.799. The van der Waals surface area contributed by atoms with E-state index in [1.807, 2.05) is 26.0 Å². The Kier molecular flexibility index (Phi) is 5.68. The van der Waals surface area contributed by atoms with Crippen LogP contribution in [0.25, 0.3) is 0 Å². The van der Waals surface area contributed by atoms with Gasteiger partial charge in [-0.05, 0) is 49.2 Å². The third-order valence-corrected chi connectivity index (χ3v) is 4.85. The summed E-state index contributed by atoms with van der Waals surface area (Å²) in [7, 11) is 0. The fourth-order valence-electron chi connectivity index (χ4n) is 2.04. The van der Waals surface area contributed by atoms with E-state index in [1.165, 1.54) is 9.75 Å². The predicted octanol–water partition coefficient (Wildman–Crippen LogP) is 5.10. The monoisotopic (exact) mass is 323 g/mol. The zero-order valence-electron chi connectivity index (χ0n) is 13.0. The molecule has 0 spiro atoms. The topological polar surface area (TPSA) is 21.3 Å². The molecule has 1 N–H and O–H groups in total. The van der Waals surface area contributed by atoms with Gasteiger partial charge in [0.05, 0.1) is 0 Å². The van der Waals surface area contributed by atoms with Crippen molar-refractivity contribution in [1.29, 1.82) is 0 Å². The molecular weight excluding hydrogens is 302 g/mol. The van der Waals surface area contributed by atoms with Gasteiger partial charge in [-0.25, -0.2) is 0 Å². The molecule has 1 aromatic carbocycles. The van der Waals surface area contributed by atoms with Crippen molar-refractivity contribution in [3.05, 3.63) is 50.2 Å². The van der Waals surface area contributed by atoms with E-state index < -0.39 is 0 Å². The van der Waals surface area contributed by atoms with Crippen LogP contribution in [-0.2, 0) is 13.2 Å². The molecule has 0 radical (unpaired) electrons. The molecule has 1 aromatic heterocycles. The number of hydrogen-bond acceptors (Lipinski definition) is 3. The summed E-state index contributed by atoms with van der Waals surface area (Å²) in [6, 6.07) is 8.79. The van der Waals surface area contributed by atoms with E-state index in [0.717, 1.165) is 28.4 Å². The summed E-state index contributed by atoms with van der Waals surface area (Å²) < 4.78 is 5.88. The van der Waals surface area contributed by atoms with Gasteiger partial charge in [-0.1, -0.05) is 25.4 Å². The molecule has 0 unspecified atom stereocenters. The van der Waals surface area contributed by atoms with Crippen LogP contribution in [0.1, 0.15) is 34.7 Å². The van der Waals surface area contributed by atoms with Crippen molar-refractivity contribution in [2.45, 2.75) is 46.9 Å². The number of thiophene rings is 1. The number of ether oxygens (including phenoxy) is 1. The number of benzene rings is 1. The molecule has 0 atom stereocenters. The summed E-state index contributed by atoms with van der Waals surface area (Å²) in [4.78, 5) is 2.58. The van der Waals surface area contributed by atoms with Crippen LogP contribution in [-0.4, -0.2) is 6.04 Å². The number of hydrogen-bond donors (Lipinski definition) is 1. The van der Waals surface area contributed by atoms with Crippen molar-refractivity contribution >= 4 is 22.9 Å². The molecule has 0 aliphatic heterocycles. The minimum absolute atomic E-state index is 0.506. The predicted molar refractivity (Wildman–Crippen MR) is 91.6 cm³/mol. The third-order valence-electron chi connectivity index (χ3n) is 3.19. The average Bonchev–Trinajstić information content (AvgIpc) is 2.88. The maximum atomic E-state index is 6.17. The highest BCUT2D eigenvalue weighted by Gasteiger charge is 2.05. The lowest BCUT2D eigenvalue weighted by Gasteiger charge is -2.09. The number of nitrogens with one attached hydrogen (secondary N) is 1. The van der Waals surface area contributed by atoms with Crippen LogP contribution < -0.4 is 10.1 Å². The zero-order chi connectivity index (χ0) is 15.4. The molecule has 2 rings (SSSR count). The fourth-order valence-corrected chi connectivity index (χ4v) is 3.03. The first-order chi connectivity index (χ1) is 9.95. The third kappa shape index (κ3) is 4.73. The molecule has 0 saturated carbocycles. The summed E-state index contributed by atoms with van der Waals surface area (Å²) in [6.07, 6.45) is 0. The fraction of sp³-hybridized carbons (Fsp3) is 0.412. The van der Waals surface area contributed by atoms with Crippen molar-refractivity contribution in [2.75, 3.05) is 0 Å². The van der Waals surface area contributed by atoms with Gasteiger partial charge in [0, 0.05) is 27.4 Å². The van der Waals surface area contributed by atoms with E-state index in [4.69, 9.17) is 16.3 Å². The van der Waals surface area contributed by atoms with E-state index in [2.05, 4.69) is 31.3 Å². The Hall–Kier alpha value is -1.03. The van der Waals surface area contributed by atoms with Crippen molar-refractivity contribution in [3.8, 4) is 5.75 Å². The number of aryl methyl sites for hydroxylation is 2.